The summed E-state index contributed by atoms with van der Waals surface area (Å²) in [6.45, 7) is 1.97. The van der Waals surface area contributed by atoms with Crippen LogP contribution < -0.4 is 5.73 Å². The second-order valence-electron chi connectivity index (χ2n) is 3.96. The highest BCUT2D eigenvalue weighted by molar-refractivity contribution is 9.10. The van der Waals surface area contributed by atoms with Crippen molar-refractivity contribution in [2.75, 3.05) is 0 Å². The molecule has 4 N–H and O–H groups in total. The van der Waals surface area contributed by atoms with Crippen molar-refractivity contribution in [3.8, 4) is 11.3 Å². The molecule has 0 aliphatic carbocycles. The van der Waals surface area contributed by atoms with Crippen LogP contribution in [0.5, 0.6) is 0 Å². The monoisotopic (exact) mass is 309 g/mol. The van der Waals surface area contributed by atoms with E-state index in [4.69, 9.17) is 10.8 Å². The number of nitrogens with zero attached hydrogens (tertiary/aromatic N) is 1. The van der Waals surface area contributed by atoms with Crippen LogP contribution in [0, 0.1) is 6.92 Å². The van der Waals surface area contributed by atoms with E-state index in [9.17, 15) is 4.79 Å². The number of imidazole rings is 1. The van der Waals surface area contributed by atoms with Gasteiger partial charge in [0.2, 0.25) is 0 Å². The molecule has 0 radical (unpaired) electrons. The number of nitrogens with one attached hydrogen (secondary N) is 1. The maximum Gasteiger partial charge on any atom is 0.328 e. The maximum absolute atomic E-state index is 10.8. The first kappa shape index (κ1) is 12.8. The van der Waals surface area contributed by atoms with Gasteiger partial charge in [-0.15, -0.1) is 0 Å². The number of H-pyrrole nitrogens is 1. The van der Waals surface area contributed by atoms with Crippen molar-refractivity contribution in [3.63, 3.8) is 0 Å². The fourth-order valence-corrected chi connectivity index (χ4v) is 1.99. The molecule has 5 nitrogen and oxygen atoms in total. The van der Waals surface area contributed by atoms with E-state index < -0.39 is 12.0 Å². The van der Waals surface area contributed by atoms with E-state index in [1.807, 2.05) is 25.1 Å². The van der Waals surface area contributed by atoms with Gasteiger partial charge in [-0.2, -0.15) is 0 Å². The van der Waals surface area contributed by atoms with E-state index in [2.05, 4.69) is 25.9 Å². The second-order valence-corrected chi connectivity index (χ2v) is 4.87. The number of aromatic nitrogens is 2. The minimum absolute atomic E-state index is 0.247. The van der Waals surface area contributed by atoms with Crippen LogP contribution in [0.25, 0.3) is 11.3 Å². The van der Waals surface area contributed by atoms with E-state index in [0.29, 0.717) is 0 Å². The Morgan fingerprint density at radius 3 is 2.94 bits per heavy atom. The van der Waals surface area contributed by atoms with E-state index in [1.54, 1.807) is 6.20 Å². The van der Waals surface area contributed by atoms with Gasteiger partial charge in [-0.05, 0) is 24.6 Å². The Labute approximate surface area is 112 Å². The van der Waals surface area contributed by atoms with Gasteiger partial charge < -0.3 is 15.8 Å². The molecule has 0 aliphatic heterocycles. The summed E-state index contributed by atoms with van der Waals surface area (Å²) in [7, 11) is 0. The number of nitrogens with two attached hydrogens (primary N) is 1. The number of rotatable bonds is 3. The van der Waals surface area contributed by atoms with Crippen LogP contribution in [-0.2, 0) is 4.79 Å². The largest absolute Gasteiger partial charge is 0.480 e. The first-order valence-electron chi connectivity index (χ1n) is 5.29. The molecule has 18 heavy (non-hydrogen) atoms. The maximum atomic E-state index is 10.8. The normalized spacial score (nSPS) is 12.4. The Morgan fingerprint density at radius 2 is 2.28 bits per heavy atom. The Hall–Kier alpha value is -1.66. The second kappa shape index (κ2) is 4.91. The number of hydrogen-bond donors (Lipinski definition) is 3. The molecular weight excluding hydrogens is 298 g/mol. The third kappa shape index (κ3) is 2.44. The number of halogens is 1. The minimum atomic E-state index is -1.13. The van der Waals surface area contributed by atoms with Crippen LogP contribution in [0.4, 0.5) is 0 Å². The summed E-state index contributed by atoms with van der Waals surface area (Å²) in [5.41, 5.74) is 8.27. The van der Waals surface area contributed by atoms with E-state index in [-0.39, 0.29) is 5.82 Å². The molecule has 94 valence electrons. The molecule has 2 rings (SSSR count). The van der Waals surface area contributed by atoms with Gasteiger partial charge in [0.05, 0.1) is 11.9 Å². The topological polar surface area (TPSA) is 92.0 Å². The number of aryl methyl sites for hydroxylation is 1. The van der Waals surface area contributed by atoms with Gasteiger partial charge in [0.25, 0.3) is 0 Å². The van der Waals surface area contributed by atoms with Gasteiger partial charge in [-0.3, -0.25) is 4.79 Å². The lowest BCUT2D eigenvalue weighted by atomic mass is 10.1. The molecular formula is C12H12BrN3O2. The van der Waals surface area contributed by atoms with Crippen molar-refractivity contribution in [2.45, 2.75) is 13.0 Å². The molecule has 1 heterocycles. The fourth-order valence-electron chi connectivity index (χ4n) is 1.63. The number of benzene rings is 1. The van der Waals surface area contributed by atoms with Crippen molar-refractivity contribution < 1.29 is 9.90 Å². The van der Waals surface area contributed by atoms with Crippen LogP contribution in [0.2, 0.25) is 0 Å². The molecule has 0 bridgehead atoms. The van der Waals surface area contributed by atoms with Crippen LogP contribution in [0.15, 0.2) is 28.9 Å². The Balaban J connectivity index is 2.41. The zero-order valence-electron chi connectivity index (χ0n) is 9.64. The van der Waals surface area contributed by atoms with E-state index >= 15 is 0 Å². The molecule has 1 unspecified atom stereocenters. The quantitative estimate of drug-likeness (QED) is 0.810. The van der Waals surface area contributed by atoms with Gasteiger partial charge >= 0.3 is 5.97 Å². The summed E-state index contributed by atoms with van der Waals surface area (Å²) in [5, 5.41) is 8.82. The summed E-state index contributed by atoms with van der Waals surface area (Å²) in [6, 6.07) is 4.72. The van der Waals surface area contributed by atoms with Crippen molar-refractivity contribution in [1.29, 1.82) is 0 Å². The summed E-state index contributed by atoms with van der Waals surface area (Å²) >= 11 is 3.40. The number of aromatic amines is 1. The molecule has 0 aliphatic rings. The first-order valence-corrected chi connectivity index (χ1v) is 6.08. The molecule has 6 heteroatoms. The number of aliphatic carboxylic acids is 1. The lowest BCUT2D eigenvalue weighted by molar-refractivity contribution is -0.138. The molecule has 1 aromatic heterocycles. The molecule has 0 saturated carbocycles. The molecule has 0 spiro atoms. The highest BCUT2D eigenvalue weighted by Crippen LogP contribution is 2.26. The predicted octanol–water partition coefficient (Wildman–Crippen LogP) is 2.23. The van der Waals surface area contributed by atoms with Crippen molar-refractivity contribution in [1.82, 2.24) is 9.97 Å². The van der Waals surface area contributed by atoms with Gasteiger partial charge in [0, 0.05) is 10.0 Å². The Bertz CT molecular complexity index is 595. The lowest BCUT2D eigenvalue weighted by Crippen LogP contribution is -2.21. The molecule has 2 aromatic rings. The van der Waals surface area contributed by atoms with Crippen molar-refractivity contribution in [2.24, 2.45) is 5.73 Å². The van der Waals surface area contributed by atoms with Crippen LogP contribution in [-0.4, -0.2) is 21.0 Å². The molecule has 0 amide bonds. The minimum Gasteiger partial charge on any atom is -0.480 e. The summed E-state index contributed by atoms with van der Waals surface area (Å²) < 4.78 is 0.946. The molecule has 1 atom stereocenters. The van der Waals surface area contributed by atoms with Gasteiger partial charge in [0.15, 0.2) is 6.04 Å². The van der Waals surface area contributed by atoms with Gasteiger partial charge in [-0.1, -0.05) is 22.0 Å². The molecule has 0 fully saturated rings. The average molecular weight is 310 g/mol. The number of carboxylic acids is 1. The zero-order valence-corrected chi connectivity index (χ0v) is 11.2. The fraction of sp³-hybridized carbons (Fsp3) is 0.167. The molecule has 1 aromatic carbocycles. The van der Waals surface area contributed by atoms with Crippen LogP contribution in [0.3, 0.4) is 0 Å². The number of hydrogen-bond acceptors (Lipinski definition) is 3. The molecule has 0 saturated heterocycles. The standard InChI is InChI=1S/C12H12BrN3O2/c1-6-2-3-7(13)4-8(6)9-5-15-11(16-9)10(14)12(17)18/h2-5,10H,14H2,1H3,(H,15,16)(H,17,18). The Morgan fingerprint density at radius 1 is 1.56 bits per heavy atom. The summed E-state index contributed by atoms with van der Waals surface area (Å²) in [6.07, 6.45) is 1.59. The highest BCUT2D eigenvalue weighted by Gasteiger charge is 2.18. The number of carboxylic acid groups (broad SMARTS) is 1. The Kier molecular flexibility index (Phi) is 3.49. The van der Waals surface area contributed by atoms with Gasteiger partial charge in [-0.25, -0.2) is 4.98 Å². The van der Waals surface area contributed by atoms with E-state index in [1.165, 1.54) is 0 Å². The van der Waals surface area contributed by atoms with Crippen LogP contribution in [0.1, 0.15) is 17.4 Å². The zero-order chi connectivity index (χ0) is 13.3. The van der Waals surface area contributed by atoms with E-state index in [0.717, 1.165) is 21.3 Å². The van der Waals surface area contributed by atoms with Crippen molar-refractivity contribution >= 4 is 21.9 Å². The third-order valence-electron chi connectivity index (χ3n) is 2.65. The smallest absolute Gasteiger partial charge is 0.328 e. The van der Waals surface area contributed by atoms with Gasteiger partial charge in [0.1, 0.15) is 5.82 Å². The third-order valence-corrected chi connectivity index (χ3v) is 3.14. The lowest BCUT2D eigenvalue weighted by Gasteiger charge is -2.04. The summed E-state index contributed by atoms with van der Waals surface area (Å²) in [5.74, 6) is -0.862. The van der Waals surface area contributed by atoms with Crippen molar-refractivity contribution in [3.05, 3.63) is 40.3 Å². The average Bonchev–Trinajstić information content (AvgIpc) is 2.80. The summed E-state index contributed by atoms with van der Waals surface area (Å²) in [4.78, 5) is 17.7. The predicted molar refractivity (Wildman–Crippen MR) is 71.0 cm³/mol. The first-order chi connectivity index (χ1) is 8.49. The SMILES string of the molecule is Cc1ccc(Br)cc1-c1cnc(C(N)C(=O)O)[nH]1. The van der Waals surface area contributed by atoms with Crippen LogP contribution >= 0.6 is 15.9 Å². The number of carbonyl (C=O) groups is 1. The highest BCUT2D eigenvalue weighted by atomic mass is 79.9.